The second-order valence-corrected chi connectivity index (χ2v) is 6.42. The van der Waals surface area contributed by atoms with E-state index in [0.29, 0.717) is 34.0 Å². The SMILES string of the molecule is CCn1c(=NC(=O)c2ccc(C#N)cc2)sc2cc3c(cc21)OCO3. The van der Waals surface area contributed by atoms with Crippen LogP contribution in [0.4, 0.5) is 0 Å². The Morgan fingerprint density at radius 2 is 2.00 bits per heavy atom. The molecule has 0 unspecified atom stereocenters. The Bertz CT molecular complexity index is 1090. The van der Waals surface area contributed by atoms with Gasteiger partial charge in [0.2, 0.25) is 6.79 Å². The van der Waals surface area contributed by atoms with E-state index in [1.807, 2.05) is 29.7 Å². The van der Waals surface area contributed by atoms with E-state index in [-0.39, 0.29) is 12.7 Å². The van der Waals surface area contributed by atoms with Crippen molar-refractivity contribution in [2.75, 3.05) is 6.79 Å². The second-order valence-electron chi connectivity index (χ2n) is 5.41. The second kappa shape index (κ2) is 6.07. The van der Waals surface area contributed by atoms with Gasteiger partial charge >= 0.3 is 0 Å². The van der Waals surface area contributed by atoms with Gasteiger partial charge in [-0.15, -0.1) is 0 Å². The van der Waals surface area contributed by atoms with Crippen LogP contribution < -0.4 is 14.3 Å². The average molecular weight is 351 g/mol. The predicted octanol–water partition coefficient (Wildman–Crippen LogP) is 3.06. The number of amides is 1. The molecule has 25 heavy (non-hydrogen) atoms. The molecule has 0 atom stereocenters. The third-order valence-electron chi connectivity index (χ3n) is 3.95. The molecule has 0 fully saturated rings. The number of benzene rings is 2. The Morgan fingerprint density at radius 3 is 2.68 bits per heavy atom. The molecule has 1 aromatic heterocycles. The van der Waals surface area contributed by atoms with Crippen molar-refractivity contribution in [2.45, 2.75) is 13.5 Å². The van der Waals surface area contributed by atoms with Crippen molar-refractivity contribution in [1.82, 2.24) is 4.57 Å². The van der Waals surface area contributed by atoms with Gasteiger partial charge in [0.05, 0.1) is 21.8 Å². The fraction of sp³-hybridized carbons (Fsp3) is 0.167. The number of carbonyl (C=O) groups is 1. The maximum absolute atomic E-state index is 12.5. The van der Waals surface area contributed by atoms with E-state index < -0.39 is 0 Å². The molecule has 1 aliphatic heterocycles. The quantitative estimate of drug-likeness (QED) is 0.711. The predicted molar refractivity (Wildman–Crippen MR) is 92.7 cm³/mol. The number of hydrogen-bond acceptors (Lipinski definition) is 5. The molecule has 0 saturated carbocycles. The summed E-state index contributed by atoms with van der Waals surface area (Å²) in [5, 5.41) is 8.84. The van der Waals surface area contributed by atoms with Gasteiger partial charge < -0.3 is 14.0 Å². The van der Waals surface area contributed by atoms with E-state index in [1.54, 1.807) is 24.3 Å². The zero-order chi connectivity index (χ0) is 17.4. The van der Waals surface area contributed by atoms with E-state index in [4.69, 9.17) is 14.7 Å². The molecule has 0 aliphatic carbocycles. The number of rotatable bonds is 2. The van der Waals surface area contributed by atoms with Crippen LogP contribution in [0.1, 0.15) is 22.8 Å². The van der Waals surface area contributed by atoms with Gasteiger partial charge in [0, 0.05) is 24.2 Å². The molecule has 6 nitrogen and oxygen atoms in total. The van der Waals surface area contributed by atoms with Crippen LogP contribution in [-0.2, 0) is 6.54 Å². The molecule has 1 aliphatic rings. The summed E-state index contributed by atoms with van der Waals surface area (Å²) in [7, 11) is 0. The van der Waals surface area contributed by atoms with Crippen molar-refractivity contribution in [3.63, 3.8) is 0 Å². The summed E-state index contributed by atoms with van der Waals surface area (Å²) in [5.74, 6) is 1.08. The van der Waals surface area contributed by atoms with Crippen LogP contribution in [0, 0.1) is 11.3 Å². The van der Waals surface area contributed by atoms with Crippen LogP contribution >= 0.6 is 11.3 Å². The van der Waals surface area contributed by atoms with Crippen molar-refractivity contribution in [1.29, 1.82) is 5.26 Å². The van der Waals surface area contributed by atoms with Gasteiger partial charge in [-0.25, -0.2) is 0 Å². The number of fused-ring (bicyclic) bond motifs is 2. The van der Waals surface area contributed by atoms with Gasteiger partial charge in [0.25, 0.3) is 5.91 Å². The van der Waals surface area contributed by atoms with Gasteiger partial charge in [-0.3, -0.25) is 4.79 Å². The molecule has 0 N–H and O–H groups in total. The van der Waals surface area contributed by atoms with Crippen molar-refractivity contribution < 1.29 is 14.3 Å². The Morgan fingerprint density at radius 1 is 1.28 bits per heavy atom. The molecule has 2 heterocycles. The van der Waals surface area contributed by atoms with Crippen molar-refractivity contribution >= 4 is 27.5 Å². The molecule has 124 valence electrons. The number of ether oxygens (including phenoxy) is 2. The minimum atomic E-state index is -0.335. The summed E-state index contributed by atoms with van der Waals surface area (Å²) in [6.45, 7) is 2.91. The highest BCUT2D eigenvalue weighted by molar-refractivity contribution is 7.16. The topological polar surface area (TPSA) is 76.6 Å². The lowest BCUT2D eigenvalue weighted by atomic mass is 10.1. The molecular weight excluding hydrogens is 338 g/mol. The minimum absolute atomic E-state index is 0.229. The molecule has 0 spiro atoms. The number of aromatic nitrogens is 1. The zero-order valence-electron chi connectivity index (χ0n) is 13.4. The summed E-state index contributed by atoms with van der Waals surface area (Å²) in [6.07, 6.45) is 0. The molecule has 7 heteroatoms. The van der Waals surface area contributed by atoms with Crippen LogP contribution in [0.15, 0.2) is 41.4 Å². The fourth-order valence-corrected chi connectivity index (χ4v) is 3.79. The van der Waals surface area contributed by atoms with Gasteiger partial charge in [-0.1, -0.05) is 11.3 Å². The smallest absolute Gasteiger partial charge is 0.279 e. The monoisotopic (exact) mass is 351 g/mol. The number of nitrogens with zero attached hydrogens (tertiary/aromatic N) is 3. The standard InChI is InChI=1S/C18H13N3O3S/c1-2-21-13-7-14-15(24-10-23-14)8-16(13)25-18(21)20-17(22)12-5-3-11(9-19)4-6-12/h3-8H,2,10H2,1H3. The number of thiazole rings is 1. The third-order valence-corrected chi connectivity index (χ3v) is 4.99. The zero-order valence-corrected chi connectivity index (χ0v) is 14.2. The minimum Gasteiger partial charge on any atom is -0.454 e. The number of carbonyl (C=O) groups excluding carboxylic acids is 1. The van der Waals surface area contributed by atoms with Crippen LogP contribution in [-0.4, -0.2) is 17.3 Å². The van der Waals surface area contributed by atoms with E-state index in [0.717, 1.165) is 10.2 Å². The Hall–Kier alpha value is -3.11. The highest BCUT2D eigenvalue weighted by atomic mass is 32.1. The summed E-state index contributed by atoms with van der Waals surface area (Å²) in [6, 6.07) is 12.3. The fourth-order valence-electron chi connectivity index (χ4n) is 2.69. The largest absolute Gasteiger partial charge is 0.454 e. The number of nitriles is 1. The third kappa shape index (κ3) is 2.66. The maximum atomic E-state index is 12.5. The Kier molecular flexibility index (Phi) is 3.75. The van der Waals surface area contributed by atoms with Crippen LogP contribution in [0.5, 0.6) is 11.5 Å². The molecule has 1 amide bonds. The molecule has 2 aromatic carbocycles. The highest BCUT2D eigenvalue weighted by Gasteiger charge is 2.17. The van der Waals surface area contributed by atoms with Crippen molar-refractivity contribution in [3.05, 3.63) is 52.3 Å². The highest BCUT2D eigenvalue weighted by Crippen LogP contribution is 2.36. The molecule has 3 aromatic rings. The van der Waals surface area contributed by atoms with E-state index in [2.05, 4.69) is 4.99 Å². The van der Waals surface area contributed by atoms with Crippen LogP contribution in [0.2, 0.25) is 0 Å². The maximum Gasteiger partial charge on any atom is 0.279 e. The summed E-state index contributed by atoms with van der Waals surface area (Å²) in [4.78, 5) is 17.3. The first-order chi connectivity index (χ1) is 12.2. The first-order valence-corrected chi connectivity index (χ1v) is 8.53. The lowest BCUT2D eigenvalue weighted by Gasteiger charge is -2.01. The first-order valence-electron chi connectivity index (χ1n) is 7.72. The van der Waals surface area contributed by atoms with E-state index >= 15 is 0 Å². The summed E-state index contributed by atoms with van der Waals surface area (Å²) in [5.41, 5.74) is 1.92. The molecule has 0 saturated heterocycles. The average Bonchev–Trinajstić information content (AvgIpc) is 3.22. The lowest BCUT2D eigenvalue weighted by Crippen LogP contribution is -2.15. The van der Waals surface area contributed by atoms with Crippen molar-refractivity contribution in [2.24, 2.45) is 4.99 Å². The summed E-state index contributed by atoms with van der Waals surface area (Å²) < 4.78 is 13.8. The van der Waals surface area contributed by atoms with Crippen molar-refractivity contribution in [3.8, 4) is 17.6 Å². The van der Waals surface area contributed by atoms with Gasteiger partial charge in [-0.05, 0) is 31.2 Å². The summed E-state index contributed by atoms with van der Waals surface area (Å²) >= 11 is 1.43. The molecule has 4 rings (SSSR count). The number of aryl methyl sites for hydroxylation is 1. The Labute approximate surface area is 147 Å². The Balaban J connectivity index is 1.81. The van der Waals surface area contributed by atoms with E-state index in [9.17, 15) is 4.79 Å². The molecule has 0 bridgehead atoms. The van der Waals surface area contributed by atoms with Gasteiger partial charge in [0.1, 0.15) is 0 Å². The first kappa shape index (κ1) is 15.4. The van der Waals surface area contributed by atoms with Crippen LogP contribution in [0.3, 0.4) is 0 Å². The van der Waals surface area contributed by atoms with Crippen LogP contribution in [0.25, 0.3) is 10.2 Å². The van der Waals surface area contributed by atoms with E-state index in [1.165, 1.54) is 11.3 Å². The normalized spacial score (nSPS) is 13.2. The van der Waals surface area contributed by atoms with Gasteiger partial charge in [-0.2, -0.15) is 10.3 Å². The molecular formula is C18H13N3O3S. The lowest BCUT2D eigenvalue weighted by molar-refractivity contribution is 0.0998. The number of hydrogen-bond donors (Lipinski definition) is 0. The van der Waals surface area contributed by atoms with Gasteiger partial charge in [0.15, 0.2) is 16.3 Å². The molecule has 0 radical (unpaired) electrons.